The zero-order valence-electron chi connectivity index (χ0n) is 12.6. The first-order valence-electron chi connectivity index (χ1n) is 7.32. The Balaban J connectivity index is 1.79. The minimum absolute atomic E-state index is 0.00921. The second kappa shape index (κ2) is 6.84. The van der Waals surface area contributed by atoms with Gasteiger partial charge in [-0.15, -0.1) is 0 Å². The number of carbonyl (C=O) groups is 1. The Morgan fingerprint density at radius 2 is 1.79 bits per heavy atom. The highest BCUT2D eigenvalue weighted by atomic mass is 79.9. The lowest BCUT2D eigenvalue weighted by molar-refractivity contribution is -0.116. The summed E-state index contributed by atoms with van der Waals surface area (Å²) in [6.45, 7) is 0.00921. The molecule has 2 aromatic carbocycles. The van der Waals surface area contributed by atoms with E-state index >= 15 is 0 Å². The summed E-state index contributed by atoms with van der Waals surface area (Å²) in [7, 11) is 0. The van der Waals surface area contributed by atoms with E-state index in [2.05, 4.69) is 26.2 Å². The Morgan fingerprint density at radius 3 is 2.58 bits per heavy atom. The van der Waals surface area contributed by atoms with E-state index in [-0.39, 0.29) is 18.9 Å². The van der Waals surface area contributed by atoms with Crippen LogP contribution in [0.5, 0.6) is 0 Å². The molecule has 1 heterocycles. The summed E-state index contributed by atoms with van der Waals surface area (Å²) >= 11 is 3.35. The van der Waals surface area contributed by atoms with Crippen molar-refractivity contribution >= 4 is 38.4 Å². The average Bonchev–Trinajstić information content (AvgIpc) is 2.57. The number of hydrogen-bond acceptors (Lipinski definition) is 3. The standard InChI is InChI=1S/C17H14BrN3O3/c18-12-6-2-4-8-14(12)19-15(22)9-10-21-16(23)11-5-1-3-7-13(11)20-17(21)24/h1-8H,9-10H2,(H,19,22)(H,20,24). The largest absolute Gasteiger partial charge is 0.328 e. The molecule has 0 aliphatic carbocycles. The van der Waals surface area contributed by atoms with Gasteiger partial charge in [-0.25, -0.2) is 4.79 Å². The Kier molecular flexibility index (Phi) is 4.61. The number of para-hydroxylation sites is 2. The Morgan fingerprint density at radius 1 is 1.08 bits per heavy atom. The third-order valence-corrected chi connectivity index (χ3v) is 4.29. The maximum absolute atomic E-state index is 12.4. The minimum atomic E-state index is -0.521. The van der Waals surface area contributed by atoms with Crippen LogP contribution in [0.15, 0.2) is 62.6 Å². The molecule has 6 nitrogen and oxygen atoms in total. The molecule has 0 bridgehead atoms. The molecular weight excluding hydrogens is 374 g/mol. The van der Waals surface area contributed by atoms with Gasteiger partial charge >= 0.3 is 5.69 Å². The fourth-order valence-electron chi connectivity index (χ4n) is 2.39. The summed E-state index contributed by atoms with van der Waals surface area (Å²) in [4.78, 5) is 39.1. The van der Waals surface area contributed by atoms with Gasteiger partial charge in [-0.2, -0.15) is 0 Å². The molecule has 0 aliphatic heterocycles. The van der Waals surface area contributed by atoms with Crippen molar-refractivity contribution in [2.24, 2.45) is 0 Å². The smallest absolute Gasteiger partial charge is 0.325 e. The number of rotatable bonds is 4. The van der Waals surface area contributed by atoms with E-state index in [1.165, 1.54) is 0 Å². The zero-order chi connectivity index (χ0) is 17.1. The van der Waals surface area contributed by atoms with E-state index in [1.807, 2.05) is 12.1 Å². The molecule has 3 aromatic rings. The predicted octanol–water partition coefficient (Wildman–Crippen LogP) is 2.48. The Hall–Kier alpha value is -2.67. The Bertz CT molecular complexity index is 1020. The van der Waals surface area contributed by atoms with E-state index in [4.69, 9.17) is 0 Å². The first kappa shape index (κ1) is 16.2. The lowest BCUT2D eigenvalue weighted by atomic mass is 10.2. The molecule has 0 spiro atoms. The van der Waals surface area contributed by atoms with Crippen molar-refractivity contribution in [3.63, 3.8) is 0 Å². The number of carbonyl (C=O) groups excluding carboxylic acids is 1. The zero-order valence-corrected chi connectivity index (χ0v) is 14.2. The SMILES string of the molecule is O=C(CCn1c(=O)[nH]c2ccccc2c1=O)Nc1ccccc1Br. The molecule has 1 aromatic heterocycles. The van der Waals surface area contributed by atoms with Gasteiger partial charge in [-0.1, -0.05) is 24.3 Å². The number of aromatic nitrogens is 2. The van der Waals surface area contributed by atoms with Gasteiger partial charge in [0.05, 0.1) is 16.6 Å². The second-order valence-electron chi connectivity index (χ2n) is 5.21. The van der Waals surface area contributed by atoms with Crippen LogP contribution >= 0.6 is 15.9 Å². The molecule has 24 heavy (non-hydrogen) atoms. The van der Waals surface area contributed by atoms with Crippen molar-refractivity contribution in [1.29, 1.82) is 0 Å². The highest BCUT2D eigenvalue weighted by Gasteiger charge is 2.10. The quantitative estimate of drug-likeness (QED) is 0.720. The van der Waals surface area contributed by atoms with Crippen LogP contribution in [0, 0.1) is 0 Å². The van der Waals surface area contributed by atoms with E-state index < -0.39 is 11.2 Å². The molecule has 7 heteroatoms. The number of halogens is 1. The maximum atomic E-state index is 12.4. The van der Waals surface area contributed by atoms with E-state index in [1.54, 1.807) is 36.4 Å². The van der Waals surface area contributed by atoms with Crippen LogP contribution in [0.25, 0.3) is 10.9 Å². The highest BCUT2D eigenvalue weighted by Crippen LogP contribution is 2.21. The lowest BCUT2D eigenvalue weighted by Gasteiger charge is -2.08. The summed E-state index contributed by atoms with van der Waals surface area (Å²) in [5.41, 5.74) is 0.208. The third-order valence-electron chi connectivity index (χ3n) is 3.60. The molecule has 122 valence electrons. The van der Waals surface area contributed by atoms with Crippen LogP contribution in [0.1, 0.15) is 6.42 Å². The van der Waals surface area contributed by atoms with Gasteiger partial charge in [0.2, 0.25) is 5.91 Å². The molecule has 3 rings (SSSR count). The normalized spacial score (nSPS) is 10.7. The van der Waals surface area contributed by atoms with Crippen molar-refractivity contribution in [3.05, 3.63) is 73.8 Å². The van der Waals surface area contributed by atoms with Gasteiger partial charge in [-0.3, -0.25) is 14.2 Å². The molecular formula is C17H14BrN3O3. The summed E-state index contributed by atoms with van der Waals surface area (Å²) in [6.07, 6.45) is 0.0165. The predicted molar refractivity (Wildman–Crippen MR) is 96.2 cm³/mol. The molecule has 1 amide bonds. The van der Waals surface area contributed by atoms with Gasteiger partial charge in [0.1, 0.15) is 0 Å². The molecule has 2 N–H and O–H groups in total. The van der Waals surface area contributed by atoms with Crippen molar-refractivity contribution in [3.8, 4) is 0 Å². The van der Waals surface area contributed by atoms with Crippen molar-refractivity contribution in [2.45, 2.75) is 13.0 Å². The second-order valence-corrected chi connectivity index (χ2v) is 6.06. The number of H-pyrrole nitrogens is 1. The third kappa shape index (κ3) is 3.30. The van der Waals surface area contributed by atoms with E-state index in [0.717, 1.165) is 9.04 Å². The molecule has 0 atom stereocenters. The fourth-order valence-corrected chi connectivity index (χ4v) is 2.77. The number of anilines is 1. The van der Waals surface area contributed by atoms with Crippen LogP contribution in [0.2, 0.25) is 0 Å². The Labute approximate surface area is 145 Å². The number of nitrogens with zero attached hydrogens (tertiary/aromatic N) is 1. The first-order chi connectivity index (χ1) is 11.6. The van der Waals surface area contributed by atoms with E-state index in [9.17, 15) is 14.4 Å². The number of benzene rings is 2. The number of nitrogens with one attached hydrogen (secondary N) is 2. The number of aromatic amines is 1. The van der Waals surface area contributed by atoms with Crippen LogP contribution in [0.3, 0.4) is 0 Å². The molecule has 0 aliphatic rings. The molecule has 0 saturated carbocycles. The maximum Gasteiger partial charge on any atom is 0.328 e. The lowest BCUT2D eigenvalue weighted by Crippen LogP contribution is -2.36. The number of hydrogen-bond donors (Lipinski definition) is 2. The van der Waals surface area contributed by atoms with Crippen molar-refractivity contribution < 1.29 is 4.79 Å². The van der Waals surface area contributed by atoms with Gasteiger partial charge in [0, 0.05) is 17.4 Å². The van der Waals surface area contributed by atoms with Crippen LogP contribution in [0.4, 0.5) is 5.69 Å². The van der Waals surface area contributed by atoms with Crippen molar-refractivity contribution in [1.82, 2.24) is 9.55 Å². The monoisotopic (exact) mass is 387 g/mol. The molecule has 0 saturated heterocycles. The molecule has 0 fully saturated rings. The molecule has 0 radical (unpaired) electrons. The van der Waals surface area contributed by atoms with Crippen LogP contribution in [-0.2, 0) is 11.3 Å². The minimum Gasteiger partial charge on any atom is -0.325 e. The summed E-state index contributed by atoms with van der Waals surface area (Å²) in [5, 5.41) is 3.16. The summed E-state index contributed by atoms with van der Waals surface area (Å²) in [5.74, 6) is -0.277. The number of amides is 1. The summed E-state index contributed by atoms with van der Waals surface area (Å²) < 4.78 is 1.81. The number of fused-ring (bicyclic) bond motifs is 1. The first-order valence-corrected chi connectivity index (χ1v) is 8.12. The topological polar surface area (TPSA) is 84.0 Å². The summed E-state index contributed by atoms with van der Waals surface area (Å²) in [6, 6.07) is 14.0. The van der Waals surface area contributed by atoms with Gasteiger partial charge in [0.25, 0.3) is 5.56 Å². The molecule has 0 unspecified atom stereocenters. The van der Waals surface area contributed by atoms with Gasteiger partial charge < -0.3 is 10.3 Å². The van der Waals surface area contributed by atoms with Crippen LogP contribution in [-0.4, -0.2) is 15.5 Å². The average molecular weight is 388 g/mol. The van der Waals surface area contributed by atoms with Crippen LogP contribution < -0.4 is 16.6 Å². The van der Waals surface area contributed by atoms with Crippen molar-refractivity contribution in [2.75, 3.05) is 5.32 Å². The van der Waals surface area contributed by atoms with Gasteiger partial charge in [0.15, 0.2) is 0 Å². The van der Waals surface area contributed by atoms with E-state index in [0.29, 0.717) is 16.6 Å². The fraction of sp³-hybridized carbons (Fsp3) is 0.118. The van der Waals surface area contributed by atoms with Gasteiger partial charge in [-0.05, 0) is 40.2 Å². The highest BCUT2D eigenvalue weighted by molar-refractivity contribution is 9.10.